The smallest absolute Gasteiger partial charge is 0.291 e. The maximum atomic E-state index is 12.6. The van der Waals surface area contributed by atoms with Gasteiger partial charge < -0.3 is 0 Å². The second kappa shape index (κ2) is 3.33. The molecule has 3 nitrogen and oxygen atoms in total. The first kappa shape index (κ1) is 10.7. The molecular weight excluding hydrogens is 223 g/mol. The molecule has 0 spiro atoms. The molecule has 1 aliphatic rings. The standard InChI is InChI=1S/C10H6F3NO2/c11-10(12,13)7-5-3-1-2-4-6(5)8(15)14-9(7)16/h1-4,7H,(H,14,15,16). The minimum atomic E-state index is -4.69. The van der Waals surface area contributed by atoms with E-state index in [4.69, 9.17) is 0 Å². The molecule has 1 atom stereocenters. The zero-order valence-electron chi connectivity index (χ0n) is 7.84. The lowest BCUT2D eigenvalue weighted by Crippen LogP contribution is -2.45. The van der Waals surface area contributed by atoms with Crippen LogP contribution in [0.1, 0.15) is 21.8 Å². The fourth-order valence-electron chi connectivity index (χ4n) is 1.67. The van der Waals surface area contributed by atoms with Crippen molar-refractivity contribution in [2.45, 2.75) is 12.1 Å². The Morgan fingerprint density at radius 3 is 2.38 bits per heavy atom. The van der Waals surface area contributed by atoms with Crippen LogP contribution in [0.25, 0.3) is 0 Å². The summed E-state index contributed by atoms with van der Waals surface area (Å²) >= 11 is 0. The number of rotatable bonds is 0. The molecule has 1 unspecified atom stereocenters. The van der Waals surface area contributed by atoms with Crippen LogP contribution in [0.15, 0.2) is 24.3 Å². The van der Waals surface area contributed by atoms with E-state index < -0.39 is 23.9 Å². The number of carbonyl (C=O) groups excluding carboxylic acids is 2. The average molecular weight is 229 g/mol. The summed E-state index contributed by atoms with van der Waals surface area (Å²) in [7, 11) is 0. The van der Waals surface area contributed by atoms with E-state index in [2.05, 4.69) is 0 Å². The van der Waals surface area contributed by atoms with Crippen LogP contribution in [0, 0.1) is 0 Å². The number of nitrogens with one attached hydrogen (secondary N) is 1. The quantitative estimate of drug-likeness (QED) is 0.687. The van der Waals surface area contributed by atoms with Crippen molar-refractivity contribution in [1.29, 1.82) is 0 Å². The summed E-state index contributed by atoms with van der Waals surface area (Å²) in [6.45, 7) is 0. The van der Waals surface area contributed by atoms with Crippen molar-refractivity contribution in [3.8, 4) is 0 Å². The molecule has 16 heavy (non-hydrogen) atoms. The van der Waals surface area contributed by atoms with Crippen LogP contribution in [-0.4, -0.2) is 18.0 Å². The van der Waals surface area contributed by atoms with Crippen LogP contribution in [0.2, 0.25) is 0 Å². The topological polar surface area (TPSA) is 46.2 Å². The van der Waals surface area contributed by atoms with Crippen LogP contribution in [0.4, 0.5) is 13.2 Å². The molecule has 0 aromatic heterocycles. The third-order valence-electron chi connectivity index (χ3n) is 2.34. The molecule has 84 valence electrons. The Kier molecular flexibility index (Phi) is 2.22. The molecule has 0 fully saturated rings. The van der Waals surface area contributed by atoms with Crippen molar-refractivity contribution in [1.82, 2.24) is 5.32 Å². The molecule has 0 saturated carbocycles. The van der Waals surface area contributed by atoms with E-state index in [-0.39, 0.29) is 11.1 Å². The molecule has 1 heterocycles. The maximum absolute atomic E-state index is 12.6. The Labute approximate surface area is 88.3 Å². The number of hydrogen-bond acceptors (Lipinski definition) is 2. The van der Waals surface area contributed by atoms with Crippen molar-refractivity contribution in [2.75, 3.05) is 0 Å². The van der Waals surface area contributed by atoms with Gasteiger partial charge in [0.2, 0.25) is 5.91 Å². The van der Waals surface area contributed by atoms with Gasteiger partial charge in [0.1, 0.15) is 0 Å². The van der Waals surface area contributed by atoms with E-state index in [1.54, 1.807) is 5.32 Å². The van der Waals surface area contributed by atoms with E-state index in [9.17, 15) is 22.8 Å². The number of halogens is 3. The highest BCUT2D eigenvalue weighted by Crippen LogP contribution is 2.38. The van der Waals surface area contributed by atoms with Crippen LogP contribution in [0.3, 0.4) is 0 Å². The Morgan fingerprint density at radius 2 is 1.75 bits per heavy atom. The second-order valence-electron chi connectivity index (χ2n) is 3.38. The first-order chi connectivity index (χ1) is 7.41. The fraction of sp³-hybridized carbons (Fsp3) is 0.200. The summed E-state index contributed by atoms with van der Waals surface area (Å²) in [6.07, 6.45) is -4.69. The van der Waals surface area contributed by atoms with Gasteiger partial charge in [0.25, 0.3) is 5.91 Å². The largest absolute Gasteiger partial charge is 0.404 e. The van der Waals surface area contributed by atoms with Gasteiger partial charge >= 0.3 is 6.18 Å². The van der Waals surface area contributed by atoms with Gasteiger partial charge in [-0.15, -0.1) is 0 Å². The summed E-state index contributed by atoms with van der Waals surface area (Å²) in [4.78, 5) is 22.4. The van der Waals surface area contributed by atoms with Crippen molar-refractivity contribution < 1.29 is 22.8 Å². The van der Waals surface area contributed by atoms with E-state index in [0.717, 1.165) is 6.07 Å². The third kappa shape index (κ3) is 1.56. The first-order valence-corrected chi connectivity index (χ1v) is 4.42. The van der Waals surface area contributed by atoms with Crippen LogP contribution in [0.5, 0.6) is 0 Å². The average Bonchev–Trinajstić information content (AvgIpc) is 2.15. The Bertz CT molecular complexity index is 467. The van der Waals surface area contributed by atoms with Crippen molar-refractivity contribution in [2.24, 2.45) is 0 Å². The number of alkyl halides is 3. The van der Waals surface area contributed by atoms with Gasteiger partial charge in [-0.2, -0.15) is 13.2 Å². The number of benzene rings is 1. The summed E-state index contributed by atoms with van der Waals surface area (Å²) in [5, 5.41) is 1.69. The van der Waals surface area contributed by atoms with E-state index in [0.29, 0.717) is 0 Å². The van der Waals surface area contributed by atoms with Crippen molar-refractivity contribution >= 4 is 11.8 Å². The lowest BCUT2D eigenvalue weighted by atomic mass is 9.89. The summed E-state index contributed by atoms with van der Waals surface area (Å²) < 4.78 is 37.9. The molecular formula is C10H6F3NO2. The summed E-state index contributed by atoms with van der Waals surface area (Å²) in [5.74, 6) is -4.38. The SMILES string of the molecule is O=C1NC(=O)C(C(F)(F)F)c2ccccc21. The van der Waals surface area contributed by atoms with E-state index in [1.807, 2.05) is 0 Å². The number of hydrogen-bond donors (Lipinski definition) is 1. The van der Waals surface area contributed by atoms with Crippen LogP contribution >= 0.6 is 0 Å². The van der Waals surface area contributed by atoms with E-state index in [1.165, 1.54) is 18.2 Å². The van der Waals surface area contributed by atoms with Gasteiger partial charge in [-0.3, -0.25) is 14.9 Å². The normalized spacial score (nSPS) is 20.3. The lowest BCUT2D eigenvalue weighted by molar-refractivity contribution is -0.164. The zero-order valence-corrected chi connectivity index (χ0v) is 7.84. The predicted molar refractivity (Wildman–Crippen MR) is 47.7 cm³/mol. The lowest BCUT2D eigenvalue weighted by Gasteiger charge is -2.25. The Balaban J connectivity index is 2.60. The van der Waals surface area contributed by atoms with E-state index >= 15 is 0 Å². The van der Waals surface area contributed by atoms with Crippen LogP contribution < -0.4 is 5.32 Å². The molecule has 0 aliphatic carbocycles. The van der Waals surface area contributed by atoms with Gasteiger partial charge in [-0.05, 0) is 11.6 Å². The van der Waals surface area contributed by atoms with Gasteiger partial charge in [0, 0.05) is 5.56 Å². The number of fused-ring (bicyclic) bond motifs is 1. The number of imide groups is 1. The highest BCUT2D eigenvalue weighted by Gasteiger charge is 2.49. The molecule has 0 radical (unpaired) electrons. The second-order valence-corrected chi connectivity index (χ2v) is 3.38. The van der Waals surface area contributed by atoms with Crippen molar-refractivity contribution in [3.63, 3.8) is 0 Å². The molecule has 1 aromatic carbocycles. The minimum Gasteiger partial charge on any atom is -0.291 e. The fourth-order valence-corrected chi connectivity index (χ4v) is 1.67. The summed E-state index contributed by atoms with van der Waals surface area (Å²) in [5.41, 5.74) is -0.395. The molecule has 1 aliphatic heterocycles. The molecule has 1 N–H and O–H groups in total. The number of amides is 2. The van der Waals surface area contributed by atoms with Crippen molar-refractivity contribution in [3.05, 3.63) is 35.4 Å². The minimum absolute atomic E-state index is 0.107. The monoisotopic (exact) mass is 229 g/mol. The number of carbonyl (C=O) groups is 2. The Hall–Kier alpha value is -1.85. The Morgan fingerprint density at radius 1 is 1.12 bits per heavy atom. The third-order valence-corrected chi connectivity index (χ3v) is 2.34. The summed E-state index contributed by atoms with van der Waals surface area (Å²) in [6, 6.07) is 5.21. The van der Waals surface area contributed by atoms with Gasteiger partial charge in [0.05, 0.1) is 0 Å². The highest BCUT2D eigenvalue weighted by atomic mass is 19.4. The molecule has 2 amide bonds. The molecule has 2 rings (SSSR count). The molecule has 0 bridgehead atoms. The van der Waals surface area contributed by atoms with Gasteiger partial charge in [-0.1, -0.05) is 18.2 Å². The predicted octanol–water partition coefficient (Wildman–Crippen LogP) is 1.60. The van der Waals surface area contributed by atoms with Crippen LogP contribution in [-0.2, 0) is 4.79 Å². The van der Waals surface area contributed by atoms with Gasteiger partial charge in [-0.25, -0.2) is 0 Å². The first-order valence-electron chi connectivity index (χ1n) is 4.42. The molecule has 1 aromatic rings. The maximum Gasteiger partial charge on any atom is 0.404 e. The zero-order chi connectivity index (χ0) is 11.9. The molecule has 0 saturated heterocycles. The van der Waals surface area contributed by atoms with Gasteiger partial charge in [0.15, 0.2) is 5.92 Å². The molecule has 6 heteroatoms. The highest BCUT2D eigenvalue weighted by molar-refractivity contribution is 6.11.